The lowest BCUT2D eigenvalue weighted by Gasteiger charge is -2.19. The minimum absolute atomic E-state index is 0.111. The molecule has 2 amide bonds. The zero-order chi connectivity index (χ0) is 20.3. The van der Waals surface area contributed by atoms with Gasteiger partial charge in [-0.15, -0.1) is 0 Å². The van der Waals surface area contributed by atoms with Crippen LogP contribution in [0.25, 0.3) is 0 Å². The number of nitrogens with one attached hydrogen (secondary N) is 2. The topological polar surface area (TPSA) is 89.6 Å². The molecule has 0 fully saturated rings. The van der Waals surface area contributed by atoms with Crippen LogP contribution in [0.15, 0.2) is 85.1 Å². The van der Waals surface area contributed by atoms with Crippen LogP contribution in [0, 0.1) is 0 Å². The summed E-state index contributed by atoms with van der Waals surface area (Å²) in [6, 6.07) is 23.8. The SMILES string of the molecule is O=C(NC(NC(=O)OCc1ccccc1)c1ccccn1)OCc1ccccc1. The van der Waals surface area contributed by atoms with Crippen molar-refractivity contribution in [1.29, 1.82) is 0 Å². The first kappa shape index (κ1) is 19.9. The molecule has 0 unspecified atom stereocenters. The fourth-order valence-corrected chi connectivity index (χ4v) is 2.50. The second-order valence-electron chi connectivity index (χ2n) is 6.10. The van der Waals surface area contributed by atoms with Crippen LogP contribution in [0.4, 0.5) is 9.59 Å². The fraction of sp³-hybridized carbons (Fsp3) is 0.136. The van der Waals surface area contributed by atoms with Gasteiger partial charge >= 0.3 is 12.2 Å². The lowest BCUT2D eigenvalue weighted by atomic mass is 10.2. The zero-order valence-corrected chi connectivity index (χ0v) is 15.7. The van der Waals surface area contributed by atoms with E-state index >= 15 is 0 Å². The van der Waals surface area contributed by atoms with Gasteiger partial charge in [0.25, 0.3) is 0 Å². The Hall–Kier alpha value is -3.87. The van der Waals surface area contributed by atoms with Gasteiger partial charge in [-0.3, -0.25) is 15.6 Å². The van der Waals surface area contributed by atoms with E-state index in [1.165, 1.54) is 0 Å². The number of carbonyl (C=O) groups is 2. The third kappa shape index (κ3) is 6.66. The number of rotatable bonds is 7. The number of benzene rings is 2. The van der Waals surface area contributed by atoms with Gasteiger partial charge in [-0.05, 0) is 23.3 Å². The maximum Gasteiger partial charge on any atom is 0.409 e. The quantitative estimate of drug-likeness (QED) is 0.596. The van der Waals surface area contributed by atoms with Gasteiger partial charge in [-0.1, -0.05) is 66.7 Å². The molecule has 0 radical (unpaired) electrons. The molecule has 0 bridgehead atoms. The van der Waals surface area contributed by atoms with Crippen molar-refractivity contribution in [3.63, 3.8) is 0 Å². The molecule has 7 heteroatoms. The van der Waals surface area contributed by atoms with Crippen molar-refractivity contribution in [2.24, 2.45) is 0 Å². The molecule has 2 N–H and O–H groups in total. The predicted molar refractivity (Wildman–Crippen MR) is 107 cm³/mol. The first-order valence-electron chi connectivity index (χ1n) is 9.06. The average molecular weight is 391 g/mol. The maximum absolute atomic E-state index is 12.2. The Kier molecular flexibility index (Phi) is 7.17. The minimum Gasteiger partial charge on any atom is -0.445 e. The third-order valence-electron chi connectivity index (χ3n) is 3.93. The molecule has 0 spiro atoms. The fourth-order valence-electron chi connectivity index (χ4n) is 2.50. The number of ether oxygens (including phenoxy) is 2. The summed E-state index contributed by atoms with van der Waals surface area (Å²) in [4.78, 5) is 28.6. The molecule has 0 aliphatic heterocycles. The van der Waals surface area contributed by atoms with E-state index in [1.807, 2.05) is 60.7 Å². The second kappa shape index (κ2) is 10.5. The van der Waals surface area contributed by atoms with Crippen LogP contribution >= 0.6 is 0 Å². The monoisotopic (exact) mass is 391 g/mol. The molecule has 1 heterocycles. The third-order valence-corrected chi connectivity index (χ3v) is 3.93. The number of hydrogen-bond donors (Lipinski definition) is 2. The number of nitrogens with zero attached hydrogens (tertiary/aromatic N) is 1. The van der Waals surface area contributed by atoms with Crippen LogP contribution in [0.1, 0.15) is 23.0 Å². The number of amides is 2. The van der Waals surface area contributed by atoms with E-state index in [0.717, 1.165) is 11.1 Å². The van der Waals surface area contributed by atoms with E-state index in [1.54, 1.807) is 24.4 Å². The van der Waals surface area contributed by atoms with Gasteiger partial charge in [0, 0.05) is 6.20 Å². The Morgan fingerprint density at radius 1 is 0.724 bits per heavy atom. The lowest BCUT2D eigenvalue weighted by molar-refractivity contribution is 0.122. The Morgan fingerprint density at radius 3 is 1.66 bits per heavy atom. The van der Waals surface area contributed by atoms with E-state index in [-0.39, 0.29) is 13.2 Å². The smallest absolute Gasteiger partial charge is 0.409 e. The molecule has 148 valence electrons. The number of carbonyl (C=O) groups excluding carboxylic acids is 2. The Bertz CT molecular complexity index is 848. The van der Waals surface area contributed by atoms with Crippen LogP contribution in [-0.4, -0.2) is 17.2 Å². The van der Waals surface area contributed by atoms with Crippen LogP contribution < -0.4 is 10.6 Å². The van der Waals surface area contributed by atoms with Gasteiger partial charge < -0.3 is 9.47 Å². The molecule has 2 aromatic carbocycles. The highest BCUT2D eigenvalue weighted by molar-refractivity contribution is 5.71. The van der Waals surface area contributed by atoms with Gasteiger partial charge in [0.15, 0.2) is 6.17 Å². The van der Waals surface area contributed by atoms with E-state index in [2.05, 4.69) is 15.6 Å². The normalized spacial score (nSPS) is 10.2. The van der Waals surface area contributed by atoms with E-state index in [9.17, 15) is 9.59 Å². The molecule has 3 rings (SSSR count). The number of pyridine rings is 1. The standard InChI is InChI=1S/C22H21N3O4/c26-21(28-15-17-9-3-1-4-10-17)24-20(19-13-7-8-14-23-19)25-22(27)29-16-18-11-5-2-6-12-18/h1-14,20H,15-16H2,(H,24,26)(H,25,27). The molecule has 0 atom stereocenters. The largest absolute Gasteiger partial charge is 0.445 e. The predicted octanol–water partition coefficient (Wildman–Crippen LogP) is 3.93. The van der Waals surface area contributed by atoms with Crippen LogP contribution in [-0.2, 0) is 22.7 Å². The summed E-state index contributed by atoms with van der Waals surface area (Å²) in [5.41, 5.74) is 2.15. The van der Waals surface area contributed by atoms with E-state index in [4.69, 9.17) is 9.47 Å². The average Bonchev–Trinajstić information content (AvgIpc) is 2.78. The molecule has 0 aliphatic carbocycles. The highest BCUT2D eigenvalue weighted by atomic mass is 16.6. The van der Waals surface area contributed by atoms with Crippen molar-refractivity contribution < 1.29 is 19.1 Å². The Morgan fingerprint density at radius 2 is 1.21 bits per heavy atom. The summed E-state index contributed by atoms with van der Waals surface area (Å²) in [6.45, 7) is 0.222. The molecule has 29 heavy (non-hydrogen) atoms. The van der Waals surface area contributed by atoms with Gasteiger partial charge in [0.05, 0.1) is 5.69 Å². The summed E-state index contributed by atoms with van der Waals surface area (Å²) in [5, 5.41) is 5.19. The van der Waals surface area contributed by atoms with Crippen molar-refractivity contribution >= 4 is 12.2 Å². The second-order valence-corrected chi connectivity index (χ2v) is 6.10. The highest BCUT2D eigenvalue weighted by Crippen LogP contribution is 2.09. The van der Waals surface area contributed by atoms with Crippen molar-refractivity contribution in [1.82, 2.24) is 15.6 Å². The summed E-state index contributed by atoms with van der Waals surface area (Å²) in [7, 11) is 0. The summed E-state index contributed by atoms with van der Waals surface area (Å²) in [5.74, 6) is 0. The molecule has 0 saturated carbocycles. The molecular weight excluding hydrogens is 370 g/mol. The Balaban J connectivity index is 1.57. The molecular formula is C22H21N3O4. The van der Waals surface area contributed by atoms with Gasteiger partial charge in [-0.2, -0.15) is 0 Å². The minimum atomic E-state index is -0.900. The lowest BCUT2D eigenvalue weighted by Crippen LogP contribution is -2.41. The molecule has 0 aliphatic rings. The highest BCUT2D eigenvalue weighted by Gasteiger charge is 2.19. The van der Waals surface area contributed by atoms with Crippen molar-refractivity contribution in [3.05, 3.63) is 102 Å². The van der Waals surface area contributed by atoms with Crippen LogP contribution in [0.3, 0.4) is 0 Å². The number of alkyl carbamates (subject to hydrolysis) is 2. The summed E-state index contributed by atoms with van der Waals surface area (Å²) in [6.07, 6.45) is -0.709. The zero-order valence-electron chi connectivity index (χ0n) is 15.7. The van der Waals surface area contributed by atoms with Crippen molar-refractivity contribution in [2.75, 3.05) is 0 Å². The first-order chi connectivity index (χ1) is 14.2. The number of hydrogen-bond acceptors (Lipinski definition) is 5. The molecule has 1 aromatic heterocycles. The number of aromatic nitrogens is 1. The van der Waals surface area contributed by atoms with Crippen molar-refractivity contribution in [3.8, 4) is 0 Å². The van der Waals surface area contributed by atoms with E-state index < -0.39 is 18.4 Å². The first-order valence-corrected chi connectivity index (χ1v) is 9.06. The van der Waals surface area contributed by atoms with Crippen molar-refractivity contribution in [2.45, 2.75) is 19.4 Å². The van der Waals surface area contributed by atoms with E-state index in [0.29, 0.717) is 5.69 Å². The molecule has 3 aromatic rings. The van der Waals surface area contributed by atoms with Gasteiger partial charge in [-0.25, -0.2) is 9.59 Å². The molecule has 7 nitrogen and oxygen atoms in total. The summed E-state index contributed by atoms with van der Waals surface area (Å²) >= 11 is 0. The van der Waals surface area contributed by atoms with Gasteiger partial charge in [0.1, 0.15) is 13.2 Å². The van der Waals surface area contributed by atoms with Crippen LogP contribution in [0.2, 0.25) is 0 Å². The van der Waals surface area contributed by atoms with Crippen LogP contribution in [0.5, 0.6) is 0 Å². The maximum atomic E-state index is 12.2. The molecule has 0 saturated heterocycles. The Labute approximate surface area is 168 Å². The van der Waals surface area contributed by atoms with Gasteiger partial charge in [0.2, 0.25) is 0 Å². The summed E-state index contributed by atoms with van der Waals surface area (Å²) < 4.78 is 10.4.